The molecule has 3 rings (SSSR count). The summed E-state index contributed by atoms with van der Waals surface area (Å²) in [5.74, 6) is -0.213. The molecule has 0 spiro atoms. The molecule has 0 aliphatic rings. The molecule has 1 aromatic heterocycles. The van der Waals surface area contributed by atoms with Gasteiger partial charge in [-0.05, 0) is 66.8 Å². The van der Waals surface area contributed by atoms with Crippen LogP contribution in [0.4, 0.5) is 30.2 Å². The highest BCUT2D eigenvalue weighted by Crippen LogP contribution is 2.36. The summed E-state index contributed by atoms with van der Waals surface area (Å²) in [6.45, 7) is 0. The van der Waals surface area contributed by atoms with Crippen LogP contribution >= 0.6 is 23.8 Å². The van der Waals surface area contributed by atoms with Crippen LogP contribution in [-0.4, -0.2) is 11.0 Å². The number of halogens is 4. The first kappa shape index (κ1) is 20.7. The molecule has 0 radical (unpaired) electrons. The van der Waals surface area contributed by atoms with E-state index in [1.54, 1.807) is 30.3 Å². The van der Waals surface area contributed by atoms with Crippen molar-refractivity contribution in [2.45, 2.75) is 6.18 Å². The predicted molar refractivity (Wildman–Crippen MR) is 109 cm³/mol. The standard InChI is InChI=1S/C19H13ClF3N3O2S/c20-15-8-7-13(10-14(15)19(21,22)23)26-18(29)25-12-5-3-11(4-6-12)24-17(27)16-2-1-9-28-16/h1-10H,(H,24,27)(H2,25,26,29). The maximum atomic E-state index is 12.9. The van der Waals surface area contributed by atoms with Crippen molar-refractivity contribution in [2.75, 3.05) is 16.0 Å². The molecule has 150 valence electrons. The number of alkyl halides is 3. The summed E-state index contributed by atoms with van der Waals surface area (Å²) >= 11 is 10.7. The van der Waals surface area contributed by atoms with Crippen LogP contribution in [0.5, 0.6) is 0 Å². The van der Waals surface area contributed by atoms with Gasteiger partial charge < -0.3 is 20.4 Å². The van der Waals surface area contributed by atoms with Crippen LogP contribution in [0.15, 0.2) is 65.3 Å². The molecular weight excluding hydrogens is 427 g/mol. The van der Waals surface area contributed by atoms with Crippen LogP contribution in [0, 0.1) is 0 Å². The summed E-state index contributed by atoms with van der Waals surface area (Å²) in [6, 6.07) is 13.1. The molecule has 0 unspecified atom stereocenters. The van der Waals surface area contributed by atoms with E-state index < -0.39 is 22.7 Å². The van der Waals surface area contributed by atoms with E-state index in [1.165, 1.54) is 18.4 Å². The van der Waals surface area contributed by atoms with Gasteiger partial charge in [-0.15, -0.1) is 0 Å². The highest BCUT2D eigenvalue weighted by Gasteiger charge is 2.33. The van der Waals surface area contributed by atoms with E-state index in [-0.39, 0.29) is 16.6 Å². The van der Waals surface area contributed by atoms with E-state index in [0.717, 1.165) is 12.1 Å². The first-order valence-corrected chi connectivity index (χ1v) is 8.90. The van der Waals surface area contributed by atoms with Crippen molar-refractivity contribution in [2.24, 2.45) is 0 Å². The zero-order chi connectivity index (χ0) is 21.0. The van der Waals surface area contributed by atoms with E-state index in [0.29, 0.717) is 11.4 Å². The van der Waals surface area contributed by atoms with Gasteiger partial charge in [-0.3, -0.25) is 4.79 Å². The summed E-state index contributed by atoms with van der Waals surface area (Å²) < 4.78 is 43.8. The molecule has 0 saturated heterocycles. The molecule has 2 aromatic carbocycles. The van der Waals surface area contributed by atoms with Gasteiger partial charge in [-0.1, -0.05) is 11.6 Å². The number of thiocarbonyl (C=S) groups is 1. The molecular formula is C19H13ClF3N3O2S. The normalized spacial score (nSPS) is 11.0. The minimum absolute atomic E-state index is 0.0906. The van der Waals surface area contributed by atoms with Crippen molar-refractivity contribution in [3.05, 3.63) is 77.2 Å². The van der Waals surface area contributed by atoms with Crippen LogP contribution in [-0.2, 0) is 6.18 Å². The van der Waals surface area contributed by atoms with Crippen molar-refractivity contribution >= 4 is 51.9 Å². The fourth-order valence-corrected chi connectivity index (χ4v) is 2.81. The average Bonchev–Trinajstić information content (AvgIpc) is 3.19. The Balaban J connectivity index is 1.60. The molecule has 3 N–H and O–H groups in total. The van der Waals surface area contributed by atoms with Crippen LogP contribution in [0.25, 0.3) is 0 Å². The summed E-state index contributed by atoms with van der Waals surface area (Å²) in [7, 11) is 0. The number of furan rings is 1. The monoisotopic (exact) mass is 439 g/mol. The van der Waals surface area contributed by atoms with Gasteiger partial charge in [0.2, 0.25) is 0 Å². The fourth-order valence-electron chi connectivity index (χ4n) is 2.35. The van der Waals surface area contributed by atoms with E-state index in [4.69, 9.17) is 28.2 Å². The van der Waals surface area contributed by atoms with Gasteiger partial charge in [0.1, 0.15) is 0 Å². The van der Waals surface area contributed by atoms with E-state index in [9.17, 15) is 18.0 Å². The second kappa shape index (κ2) is 8.54. The molecule has 10 heteroatoms. The zero-order valence-electron chi connectivity index (χ0n) is 14.5. The lowest BCUT2D eigenvalue weighted by Crippen LogP contribution is -2.19. The Kier molecular flexibility index (Phi) is 6.09. The number of rotatable bonds is 4. The van der Waals surface area contributed by atoms with Gasteiger partial charge in [-0.2, -0.15) is 13.2 Å². The largest absolute Gasteiger partial charge is 0.459 e. The number of carbonyl (C=O) groups excluding carboxylic acids is 1. The SMILES string of the molecule is O=C(Nc1ccc(NC(=S)Nc2ccc(Cl)c(C(F)(F)F)c2)cc1)c1ccco1. The molecule has 1 amide bonds. The van der Waals surface area contributed by atoms with Crippen molar-refractivity contribution in [3.8, 4) is 0 Å². The fraction of sp³-hybridized carbons (Fsp3) is 0.0526. The smallest absolute Gasteiger partial charge is 0.417 e. The average molecular weight is 440 g/mol. The van der Waals surface area contributed by atoms with Crippen molar-refractivity contribution in [1.82, 2.24) is 0 Å². The number of carbonyl (C=O) groups is 1. The summed E-state index contributed by atoms with van der Waals surface area (Å²) in [5.41, 5.74) is 0.289. The topological polar surface area (TPSA) is 66.3 Å². The van der Waals surface area contributed by atoms with Gasteiger partial charge in [0.15, 0.2) is 10.9 Å². The maximum absolute atomic E-state index is 12.9. The minimum Gasteiger partial charge on any atom is -0.459 e. The molecule has 1 heterocycles. The molecule has 0 atom stereocenters. The third-order valence-corrected chi connectivity index (χ3v) is 4.21. The Hall–Kier alpha value is -3.04. The van der Waals surface area contributed by atoms with Crippen LogP contribution in [0.1, 0.15) is 16.1 Å². The van der Waals surface area contributed by atoms with Crippen molar-refractivity contribution in [3.63, 3.8) is 0 Å². The lowest BCUT2D eigenvalue weighted by molar-refractivity contribution is -0.137. The van der Waals surface area contributed by atoms with Crippen molar-refractivity contribution in [1.29, 1.82) is 0 Å². The summed E-state index contributed by atoms with van der Waals surface area (Å²) in [5, 5.41) is 7.88. The third kappa shape index (κ3) is 5.49. The lowest BCUT2D eigenvalue weighted by Gasteiger charge is -2.14. The minimum atomic E-state index is -4.57. The number of amides is 1. The van der Waals surface area contributed by atoms with E-state index in [2.05, 4.69) is 16.0 Å². The highest BCUT2D eigenvalue weighted by molar-refractivity contribution is 7.80. The van der Waals surface area contributed by atoms with E-state index >= 15 is 0 Å². The molecule has 0 fully saturated rings. The molecule has 0 aliphatic carbocycles. The first-order valence-electron chi connectivity index (χ1n) is 8.12. The van der Waals surface area contributed by atoms with Crippen LogP contribution < -0.4 is 16.0 Å². The summed E-state index contributed by atoms with van der Waals surface area (Å²) in [6.07, 6.45) is -3.17. The molecule has 5 nitrogen and oxygen atoms in total. The summed E-state index contributed by atoms with van der Waals surface area (Å²) in [4.78, 5) is 11.9. The zero-order valence-corrected chi connectivity index (χ0v) is 16.1. The van der Waals surface area contributed by atoms with Crippen LogP contribution in [0.2, 0.25) is 5.02 Å². The highest BCUT2D eigenvalue weighted by atomic mass is 35.5. The molecule has 29 heavy (non-hydrogen) atoms. The second-order valence-corrected chi connectivity index (χ2v) is 6.60. The molecule has 0 aliphatic heterocycles. The number of hydrogen-bond donors (Lipinski definition) is 3. The van der Waals surface area contributed by atoms with E-state index in [1.807, 2.05) is 0 Å². The Labute approximate surface area is 173 Å². The van der Waals surface area contributed by atoms with Gasteiger partial charge in [-0.25, -0.2) is 0 Å². The Morgan fingerprint density at radius 1 is 0.931 bits per heavy atom. The first-order chi connectivity index (χ1) is 13.7. The number of nitrogens with one attached hydrogen (secondary N) is 3. The lowest BCUT2D eigenvalue weighted by atomic mass is 10.2. The number of hydrogen-bond acceptors (Lipinski definition) is 3. The third-order valence-electron chi connectivity index (χ3n) is 3.68. The molecule has 3 aromatic rings. The Morgan fingerprint density at radius 2 is 1.52 bits per heavy atom. The Bertz CT molecular complexity index is 1020. The van der Waals surface area contributed by atoms with Gasteiger partial charge in [0, 0.05) is 17.1 Å². The number of benzene rings is 2. The Morgan fingerprint density at radius 3 is 2.10 bits per heavy atom. The number of anilines is 3. The van der Waals surface area contributed by atoms with Crippen LogP contribution in [0.3, 0.4) is 0 Å². The van der Waals surface area contributed by atoms with Gasteiger partial charge in [0.25, 0.3) is 5.91 Å². The molecule has 0 bridgehead atoms. The molecule has 0 saturated carbocycles. The second-order valence-electron chi connectivity index (χ2n) is 5.78. The van der Waals surface area contributed by atoms with Gasteiger partial charge >= 0.3 is 6.18 Å². The van der Waals surface area contributed by atoms with Gasteiger partial charge in [0.05, 0.1) is 16.8 Å². The quantitative estimate of drug-likeness (QED) is 0.434. The van der Waals surface area contributed by atoms with Crippen molar-refractivity contribution < 1.29 is 22.4 Å². The maximum Gasteiger partial charge on any atom is 0.417 e. The predicted octanol–water partition coefficient (Wildman–Crippen LogP) is 6.01.